The number of amides is 2. The van der Waals surface area contributed by atoms with Crippen LogP contribution < -0.4 is 10.6 Å². The molecule has 25 heavy (non-hydrogen) atoms. The predicted octanol–water partition coefficient (Wildman–Crippen LogP) is 2.78. The Kier molecular flexibility index (Phi) is 3.71. The minimum atomic E-state index is -0.469. The van der Waals surface area contributed by atoms with Crippen LogP contribution in [0.4, 0.5) is 5.69 Å². The molecule has 0 bridgehead atoms. The number of nitrogens with zero attached hydrogens (tertiary/aromatic N) is 1. The number of carbonyl (C=O) groups is 2. The molecule has 2 aliphatic heterocycles. The van der Waals surface area contributed by atoms with E-state index >= 15 is 0 Å². The summed E-state index contributed by atoms with van der Waals surface area (Å²) in [6.07, 6.45) is 1.37. The monoisotopic (exact) mass is 335 g/mol. The molecule has 0 aromatic heterocycles. The summed E-state index contributed by atoms with van der Waals surface area (Å²) < 4.78 is 0. The fourth-order valence-corrected chi connectivity index (χ4v) is 3.68. The predicted molar refractivity (Wildman–Crippen MR) is 96.6 cm³/mol. The van der Waals surface area contributed by atoms with Crippen molar-refractivity contribution in [1.82, 2.24) is 10.2 Å². The summed E-state index contributed by atoms with van der Waals surface area (Å²) >= 11 is 0. The maximum absolute atomic E-state index is 12.6. The summed E-state index contributed by atoms with van der Waals surface area (Å²) in [6.45, 7) is 3.23. The van der Waals surface area contributed by atoms with Crippen molar-refractivity contribution in [2.45, 2.75) is 25.4 Å². The van der Waals surface area contributed by atoms with Gasteiger partial charge < -0.3 is 15.5 Å². The zero-order chi connectivity index (χ0) is 17.4. The van der Waals surface area contributed by atoms with Crippen LogP contribution in [0.2, 0.25) is 0 Å². The van der Waals surface area contributed by atoms with Gasteiger partial charge in [-0.25, -0.2) is 0 Å². The van der Waals surface area contributed by atoms with Crippen molar-refractivity contribution in [3.05, 3.63) is 65.2 Å². The second-order valence-electron chi connectivity index (χ2n) is 6.82. The molecule has 2 N–H and O–H groups in total. The summed E-state index contributed by atoms with van der Waals surface area (Å²) in [7, 11) is 0. The van der Waals surface area contributed by atoms with E-state index in [0.717, 1.165) is 11.3 Å². The summed E-state index contributed by atoms with van der Waals surface area (Å²) in [5.41, 5.74) is 2.90. The normalized spacial score (nSPS) is 18.3. The van der Waals surface area contributed by atoms with Crippen LogP contribution in [-0.4, -0.2) is 35.5 Å². The Hall–Kier alpha value is -2.82. The molecular formula is C20H21N3O2. The van der Waals surface area contributed by atoms with Gasteiger partial charge in [0.15, 0.2) is 0 Å². The van der Waals surface area contributed by atoms with Gasteiger partial charge in [0.1, 0.15) is 5.66 Å². The lowest BCUT2D eigenvalue weighted by molar-refractivity contribution is 0.0639. The summed E-state index contributed by atoms with van der Waals surface area (Å²) in [5, 5.41) is 6.67. The third kappa shape index (κ3) is 2.76. The fraction of sp³-hybridized carbons (Fsp3) is 0.300. The van der Waals surface area contributed by atoms with Gasteiger partial charge >= 0.3 is 0 Å². The Morgan fingerprint density at radius 2 is 1.72 bits per heavy atom. The van der Waals surface area contributed by atoms with E-state index in [1.165, 1.54) is 0 Å². The average molecular weight is 335 g/mol. The first kappa shape index (κ1) is 15.7. The molecule has 5 nitrogen and oxygen atoms in total. The Labute approximate surface area is 147 Å². The Morgan fingerprint density at radius 1 is 1.00 bits per heavy atom. The zero-order valence-electron chi connectivity index (χ0n) is 14.2. The number of rotatable bonds is 1. The van der Waals surface area contributed by atoms with Crippen LogP contribution in [0.5, 0.6) is 0 Å². The van der Waals surface area contributed by atoms with Gasteiger partial charge in [-0.3, -0.25) is 9.59 Å². The molecule has 2 aromatic rings. The summed E-state index contributed by atoms with van der Waals surface area (Å²) in [4.78, 5) is 27.0. The van der Waals surface area contributed by atoms with Crippen LogP contribution in [0.3, 0.4) is 0 Å². The number of carbonyl (C=O) groups excluding carboxylic acids is 2. The number of hydrogen-bond acceptors (Lipinski definition) is 3. The number of hydrogen-bond donors (Lipinski definition) is 2. The minimum absolute atomic E-state index is 0.0414. The highest BCUT2D eigenvalue weighted by Gasteiger charge is 2.41. The number of anilines is 1. The van der Waals surface area contributed by atoms with Gasteiger partial charge in [-0.15, -0.1) is 0 Å². The molecule has 1 fully saturated rings. The first-order valence-corrected chi connectivity index (χ1v) is 8.63. The smallest absolute Gasteiger partial charge is 0.255 e. The van der Waals surface area contributed by atoms with Gasteiger partial charge in [0.2, 0.25) is 0 Å². The van der Waals surface area contributed by atoms with E-state index in [9.17, 15) is 9.59 Å². The second-order valence-corrected chi connectivity index (χ2v) is 6.82. The molecule has 0 saturated carbocycles. The Bertz CT molecular complexity index is 824. The van der Waals surface area contributed by atoms with Crippen molar-refractivity contribution in [2.75, 3.05) is 18.4 Å². The topological polar surface area (TPSA) is 61.4 Å². The van der Waals surface area contributed by atoms with Crippen LogP contribution in [0.25, 0.3) is 0 Å². The molecule has 128 valence electrons. The Morgan fingerprint density at radius 3 is 2.44 bits per heavy atom. The second kappa shape index (κ2) is 5.92. The van der Waals surface area contributed by atoms with E-state index in [-0.39, 0.29) is 11.8 Å². The number of likely N-dealkylation sites (tertiary alicyclic amines) is 1. The molecule has 2 amide bonds. The first-order chi connectivity index (χ1) is 12.1. The van der Waals surface area contributed by atoms with Gasteiger partial charge in [0.05, 0.1) is 11.3 Å². The van der Waals surface area contributed by atoms with Gasteiger partial charge in [-0.1, -0.05) is 30.3 Å². The molecule has 0 aliphatic carbocycles. The quantitative estimate of drug-likeness (QED) is 0.842. The molecule has 5 heteroatoms. The number of aryl methyl sites for hydroxylation is 1. The van der Waals surface area contributed by atoms with Gasteiger partial charge in [0, 0.05) is 31.5 Å². The van der Waals surface area contributed by atoms with E-state index in [1.54, 1.807) is 0 Å². The molecule has 0 radical (unpaired) electrons. The number of fused-ring (bicyclic) bond motifs is 1. The largest absolute Gasteiger partial charge is 0.362 e. The molecular weight excluding hydrogens is 314 g/mol. The highest BCUT2D eigenvalue weighted by Crippen LogP contribution is 2.33. The van der Waals surface area contributed by atoms with Crippen molar-refractivity contribution < 1.29 is 9.59 Å². The van der Waals surface area contributed by atoms with E-state index in [1.807, 2.05) is 60.4 Å². The van der Waals surface area contributed by atoms with Crippen LogP contribution >= 0.6 is 0 Å². The SMILES string of the molecule is Cc1cccc2c1NC1(CCN(C(=O)c3ccccc3)CC1)NC2=O. The van der Waals surface area contributed by atoms with Crippen molar-refractivity contribution in [1.29, 1.82) is 0 Å². The highest BCUT2D eigenvalue weighted by atomic mass is 16.2. The van der Waals surface area contributed by atoms with E-state index < -0.39 is 5.66 Å². The van der Waals surface area contributed by atoms with Crippen LogP contribution in [0, 0.1) is 6.92 Å². The number of para-hydroxylation sites is 1. The van der Waals surface area contributed by atoms with Crippen LogP contribution in [-0.2, 0) is 0 Å². The lowest BCUT2D eigenvalue weighted by Crippen LogP contribution is -2.62. The molecule has 4 rings (SSSR count). The zero-order valence-corrected chi connectivity index (χ0v) is 14.2. The van der Waals surface area contributed by atoms with Crippen molar-refractivity contribution in [2.24, 2.45) is 0 Å². The molecule has 2 aliphatic rings. The molecule has 0 unspecified atom stereocenters. The van der Waals surface area contributed by atoms with E-state index in [4.69, 9.17) is 0 Å². The summed E-state index contributed by atoms with van der Waals surface area (Å²) in [6, 6.07) is 15.1. The van der Waals surface area contributed by atoms with E-state index in [0.29, 0.717) is 37.1 Å². The molecule has 1 saturated heterocycles. The lowest BCUT2D eigenvalue weighted by atomic mass is 9.91. The van der Waals surface area contributed by atoms with Crippen LogP contribution in [0.15, 0.2) is 48.5 Å². The minimum Gasteiger partial charge on any atom is -0.362 e. The lowest BCUT2D eigenvalue weighted by Gasteiger charge is -2.46. The van der Waals surface area contributed by atoms with Crippen molar-refractivity contribution in [3.63, 3.8) is 0 Å². The third-order valence-electron chi connectivity index (χ3n) is 5.16. The molecule has 0 atom stereocenters. The van der Waals surface area contributed by atoms with Crippen molar-refractivity contribution in [3.8, 4) is 0 Å². The van der Waals surface area contributed by atoms with Gasteiger partial charge in [-0.05, 0) is 30.7 Å². The maximum atomic E-state index is 12.6. The number of benzene rings is 2. The Balaban J connectivity index is 1.51. The molecule has 1 spiro atoms. The van der Waals surface area contributed by atoms with Crippen molar-refractivity contribution >= 4 is 17.5 Å². The number of nitrogens with one attached hydrogen (secondary N) is 2. The van der Waals surface area contributed by atoms with Gasteiger partial charge in [0.25, 0.3) is 11.8 Å². The third-order valence-corrected chi connectivity index (χ3v) is 5.16. The standard InChI is InChI=1S/C20H21N3O2/c1-14-6-5-9-16-17(14)21-20(22-18(16)24)10-12-23(13-11-20)19(25)15-7-3-2-4-8-15/h2-9,21H,10-13H2,1H3,(H,22,24). The van der Waals surface area contributed by atoms with Crippen LogP contribution in [0.1, 0.15) is 39.1 Å². The molecule has 2 heterocycles. The first-order valence-electron chi connectivity index (χ1n) is 8.63. The average Bonchev–Trinajstić information content (AvgIpc) is 2.64. The number of piperidine rings is 1. The van der Waals surface area contributed by atoms with Gasteiger partial charge in [-0.2, -0.15) is 0 Å². The highest BCUT2D eigenvalue weighted by molar-refractivity contribution is 6.03. The summed E-state index contributed by atoms with van der Waals surface area (Å²) in [5.74, 6) is 0.00875. The maximum Gasteiger partial charge on any atom is 0.255 e. The fourth-order valence-electron chi connectivity index (χ4n) is 3.68. The molecule has 2 aromatic carbocycles. The van der Waals surface area contributed by atoms with E-state index in [2.05, 4.69) is 10.6 Å².